The number of anilines is 1. The Morgan fingerprint density at radius 2 is 2.00 bits per heavy atom. The minimum Gasteiger partial charge on any atom is -0.469 e. The van der Waals surface area contributed by atoms with E-state index in [1.165, 1.54) is 18.9 Å². The van der Waals surface area contributed by atoms with E-state index >= 15 is 0 Å². The first-order valence-electron chi connectivity index (χ1n) is 6.10. The molecular weight excluding hydrogens is 262 g/mol. The topological polar surface area (TPSA) is 78.1 Å². The van der Waals surface area contributed by atoms with E-state index < -0.39 is 0 Å². The van der Waals surface area contributed by atoms with Gasteiger partial charge in [0, 0.05) is 16.7 Å². The highest BCUT2D eigenvalue weighted by Gasteiger charge is 2.20. The van der Waals surface area contributed by atoms with E-state index in [-0.39, 0.29) is 11.4 Å². The number of nitrogens with zero attached hydrogens (tertiary/aromatic N) is 2. The number of rotatable bonds is 4. The van der Waals surface area contributed by atoms with Crippen molar-refractivity contribution in [3.63, 3.8) is 0 Å². The van der Waals surface area contributed by atoms with E-state index in [0.29, 0.717) is 18.0 Å². The summed E-state index contributed by atoms with van der Waals surface area (Å²) in [6, 6.07) is 0. The lowest BCUT2D eigenvalue weighted by molar-refractivity contribution is -0.140. The number of nitrogens with two attached hydrogens (primary N) is 1. The van der Waals surface area contributed by atoms with Crippen molar-refractivity contribution in [2.75, 3.05) is 18.6 Å². The zero-order valence-corrected chi connectivity index (χ0v) is 12.9. The minimum atomic E-state index is -0.219. The third-order valence-electron chi connectivity index (χ3n) is 2.58. The van der Waals surface area contributed by atoms with Crippen molar-refractivity contribution in [1.82, 2.24) is 9.97 Å². The van der Waals surface area contributed by atoms with Crippen LogP contribution >= 0.6 is 11.8 Å². The van der Waals surface area contributed by atoms with Crippen LogP contribution in [0.4, 0.5) is 5.82 Å². The first-order valence-corrected chi connectivity index (χ1v) is 7.08. The fourth-order valence-electron chi connectivity index (χ4n) is 1.32. The Morgan fingerprint density at radius 3 is 2.53 bits per heavy atom. The Morgan fingerprint density at radius 1 is 1.37 bits per heavy atom. The Kier molecular flexibility index (Phi) is 5.17. The van der Waals surface area contributed by atoms with Crippen LogP contribution in [0.15, 0.2) is 5.03 Å². The summed E-state index contributed by atoms with van der Waals surface area (Å²) in [5.41, 5.74) is 6.63. The van der Waals surface area contributed by atoms with E-state index in [1.807, 2.05) is 27.7 Å². The van der Waals surface area contributed by atoms with Gasteiger partial charge < -0.3 is 10.5 Å². The van der Waals surface area contributed by atoms with E-state index in [1.54, 1.807) is 0 Å². The largest absolute Gasteiger partial charge is 0.469 e. The van der Waals surface area contributed by atoms with Crippen molar-refractivity contribution < 1.29 is 9.53 Å². The Hall–Kier alpha value is -1.30. The van der Waals surface area contributed by atoms with Crippen molar-refractivity contribution in [2.45, 2.75) is 44.6 Å². The van der Waals surface area contributed by atoms with Gasteiger partial charge in [0.05, 0.1) is 13.5 Å². The molecule has 6 heteroatoms. The Bertz CT molecular complexity index is 470. The summed E-state index contributed by atoms with van der Waals surface area (Å²) >= 11 is 1.50. The first-order chi connectivity index (χ1) is 8.75. The molecule has 5 nitrogen and oxygen atoms in total. The molecule has 0 radical (unpaired) electrons. The van der Waals surface area contributed by atoms with Crippen molar-refractivity contribution in [3.05, 3.63) is 11.4 Å². The van der Waals surface area contributed by atoms with Crippen molar-refractivity contribution >= 4 is 23.5 Å². The number of hydrogen-bond acceptors (Lipinski definition) is 6. The number of carbonyl (C=O) groups excluding carboxylic acids is 1. The Labute approximate surface area is 118 Å². The van der Waals surface area contributed by atoms with Crippen LogP contribution in [0.25, 0.3) is 0 Å². The molecule has 0 fully saturated rings. The number of aromatic nitrogens is 2. The third-order valence-corrected chi connectivity index (χ3v) is 3.66. The summed E-state index contributed by atoms with van der Waals surface area (Å²) in [6.45, 7) is 8.02. The SMILES string of the molecule is COC(=O)CCSc1nc(C(C)(C)C)nc(N)c1C. The van der Waals surface area contributed by atoms with Gasteiger partial charge in [-0.05, 0) is 6.92 Å². The number of methoxy groups -OCH3 is 1. The van der Waals surface area contributed by atoms with Gasteiger partial charge in [0.2, 0.25) is 0 Å². The molecule has 1 aromatic heterocycles. The molecule has 106 valence electrons. The Balaban J connectivity index is 2.88. The maximum Gasteiger partial charge on any atom is 0.306 e. The highest BCUT2D eigenvalue weighted by molar-refractivity contribution is 7.99. The molecule has 0 saturated heterocycles. The second-order valence-electron chi connectivity index (χ2n) is 5.29. The van der Waals surface area contributed by atoms with Crippen LogP contribution in [0.2, 0.25) is 0 Å². The second kappa shape index (κ2) is 6.23. The molecule has 0 spiro atoms. The summed E-state index contributed by atoms with van der Waals surface area (Å²) < 4.78 is 4.61. The van der Waals surface area contributed by atoms with Crippen molar-refractivity contribution in [2.24, 2.45) is 0 Å². The molecule has 0 amide bonds. The van der Waals surface area contributed by atoms with Gasteiger partial charge in [-0.25, -0.2) is 9.97 Å². The molecule has 0 aliphatic carbocycles. The minimum absolute atomic E-state index is 0.153. The van der Waals surface area contributed by atoms with E-state index in [4.69, 9.17) is 5.73 Å². The number of esters is 1. The van der Waals surface area contributed by atoms with E-state index in [9.17, 15) is 4.79 Å². The first kappa shape index (κ1) is 15.8. The van der Waals surface area contributed by atoms with Crippen LogP contribution in [0.3, 0.4) is 0 Å². The maximum absolute atomic E-state index is 11.1. The van der Waals surface area contributed by atoms with Gasteiger partial charge in [-0.15, -0.1) is 11.8 Å². The average Bonchev–Trinajstić information content (AvgIpc) is 2.32. The number of thioether (sulfide) groups is 1. The molecule has 0 aliphatic heterocycles. The standard InChI is InChI=1S/C13H21N3O2S/c1-8-10(14)15-12(13(2,3)4)16-11(8)19-7-6-9(17)18-5/h6-7H2,1-5H3,(H2,14,15,16). The van der Waals surface area contributed by atoms with Gasteiger partial charge in [0.15, 0.2) is 0 Å². The molecule has 0 aromatic carbocycles. The van der Waals surface area contributed by atoms with Crippen LogP contribution in [-0.2, 0) is 14.9 Å². The monoisotopic (exact) mass is 283 g/mol. The number of carbonyl (C=O) groups is 1. The zero-order chi connectivity index (χ0) is 14.6. The molecule has 0 unspecified atom stereocenters. The quantitative estimate of drug-likeness (QED) is 0.519. The highest BCUT2D eigenvalue weighted by atomic mass is 32.2. The molecule has 0 bridgehead atoms. The number of ether oxygens (including phenoxy) is 1. The molecule has 19 heavy (non-hydrogen) atoms. The molecule has 0 atom stereocenters. The zero-order valence-electron chi connectivity index (χ0n) is 12.1. The number of hydrogen-bond donors (Lipinski definition) is 1. The van der Waals surface area contributed by atoms with Gasteiger partial charge >= 0.3 is 5.97 Å². The predicted molar refractivity (Wildman–Crippen MR) is 77.2 cm³/mol. The number of nitrogen functional groups attached to an aromatic ring is 1. The van der Waals surface area contributed by atoms with Crippen LogP contribution in [-0.4, -0.2) is 28.8 Å². The van der Waals surface area contributed by atoms with Gasteiger partial charge in [0.1, 0.15) is 16.7 Å². The van der Waals surface area contributed by atoms with Gasteiger partial charge in [-0.1, -0.05) is 20.8 Å². The molecule has 1 aromatic rings. The molecule has 2 N–H and O–H groups in total. The lowest BCUT2D eigenvalue weighted by Gasteiger charge is -2.19. The van der Waals surface area contributed by atoms with Gasteiger partial charge in [0.25, 0.3) is 0 Å². The maximum atomic E-state index is 11.1. The molecule has 1 heterocycles. The van der Waals surface area contributed by atoms with Gasteiger partial charge in [-0.2, -0.15) is 0 Å². The average molecular weight is 283 g/mol. The lowest BCUT2D eigenvalue weighted by Crippen LogP contribution is -2.18. The summed E-state index contributed by atoms with van der Waals surface area (Å²) in [5.74, 6) is 1.62. The normalized spacial score (nSPS) is 11.4. The lowest BCUT2D eigenvalue weighted by atomic mass is 9.95. The van der Waals surface area contributed by atoms with Crippen molar-refractivity contribution in [3.8, 4) is 0 Å². The smallest absolute Gasteiger partial charge is 0.306 e. The summed E-state index contributed by atoms with van der Waals surface area (Å²) in [7, 11) is 1.39. The van der Waals surface area contributed by atoms with Crippen LogP contribution in [0.5, 0.6) is 0 Å². The summed E-state index contributed by atoms with van der Waals surface area (Å²) in [5, 5.41) is 0.835. The van der Waals surface area contributed by atoms with E-state index in [0.717, 1.165) is 16.4 Å². The highest BCUT2D eigenvalue weighted by Crippen LogP contribution is 2.28. The predicted octanol–water partition coefficient (Wildman–Crippen LogP) is 2.32. The molecular formula is C13H21N3O2S. The fraction of sp³-hybridized carbons (Fsp3) is 0.615. The van der Waals surface area contributed by atoms with Gasteiger partial charge in [-0.3, -0.25) is 4.79 Å². The summed E-state index contributed by atoms with van der Waals surface area (Å²) in [6.07, 6.45) is 0.357. The second-order valence-corrected chi connectivity index (χ2v) is 6.37. The molecule has 1 rings (SSSR count). The van der Waals surface area contributed by atoms with Crippen LogP contribution in [0.1, 0.15) is 38.6 Å². The molecule has 0 aliphatic rings. The van der Waals surface area contributed by atoms with E-state index in [2.05, 4.69) is 14.7 Å². The molecule has 0 saturated carbocycles. The third kappa shape index (κ3) is 4.38. The van der Waals surface area contributed by atoms with Crippen molar-refractivity contribution in [1.29, 1.82) is 0 Å². The fourth-order valence-corrected chi connectivity index (χ4v) is 2.26. The van der Waals surface area contributed by atoms with Crippen LogP contribution in [0, 0.1) is 6.92 Å². The summed E-state index contributed by atoms with van der Waals surface area (Å²) in [4.78, 5) is 20.0. The van der Waals surface area contributed by atoms with Crippen LogP contribution < -0.4 is 5.73 Å².